The Hall–Kier alpha value is -2.14. The maximum atomic E-state index is 12.5. The zero-order valence-corrected chi connectivity index (χ0v) is 16.7. The molecule has 1 saturated carbocycles. The predicted molar refractivity (Wildman–Crippen MR) is 111 cm³/mol. The predicted octanol–water partition coefficient (Wildman–Crippen LogP) is 5.01. The number of thiazole rings is 1. The van der Waals surface area contributed by atoms with Crippen molar-refractivity contribution in [2.24, 2.45) is 0 Å². The number of aryl methyl sites for hydroxylation is 1. The summed E-state index contributed by atoms with van der Waals surface area (Å²) in [5.41, 5.74) is 4.44. The van der Waals surface area contributed by atoms with Gasteiger partial charge in [0.25, 0.3) is 0 Å². The molecule has 0 aliphatic heterocycles. The fourth-order valence-electron chi connectivity index (χ4n) is 3.87. The highest BCUT2D eigenvalue weighted by Gasteiger charge is 2.17. The van der Waals surface area contributed by atoms with E-state index in [1.807, 2.05) is 0 Å². The SMILES string of the molecule is CCc1ccc(-c2cn3c(CC(=O)NC4CCCCCC4)csc3n2)cc1. The van der Waals surface area contributed by atoms with Crippen LogP contribution < -0.4 is 5.32 Å². The molecule has 0 unspecified atom stereocenters. The van der Waals surface area contributed by atoms with Crippen molar-refractivity contribution in [1.29, 1.82) is 0 Å². The van der Waals surface area contributed by atoms with E-state index in [0.29, 0.717) is 12.5 Å². The Morgan fingerprint density at radius 3 is 2.63 bits per heavy atom. The molecular weight excluding hydrogens is 354 g/mol. The van der Waals surface area contributed by atoms with Gasteiger partial charge in [-0.3, -0.25) is 9.20 Å². The van der Waals surface area contributed by atoms with Gasteiger partial charge in [-0.1, -0.05) is 56.9 Å². The summed E-state index contributed by atoms with van der Waals surface area (Å²) >= 11 is 1.60. The van der Waals surface area contributed by atoms with Gasteiger partial charge in [0.2, 0.25) is 5.91 Å². The minimum Gasteiger partial charge on any atom is -0.353 e. The first kappa shape index (κ1) is 18.2. The Morgan fingerprint density at radius 1 is 1.19 bits per heavy atom. The number of nitrogens with zero attached hydrogens (tertiary/aromatic N) is 2. The lowest BCUT2D eigenvalue weighted by Crippen LogP contribution is -2.35. The lowest BCUT2D eigenvalue weighted by atomic mass is 10.1. The van der Waals surface area contributed by atoms with Crippen LogP contribution in [0.3, 0.4) is 0 Å². The molecule has 0 atom stereocenters. The molecule has 1 N–H and O–H groups in total. The van der Waals surface area contributed by atoms with Gasteiger partial charge >= 0.3 is 0 Å². The minimum absolute atomic E-state index is 0.129. The Balaban J connectivity index is 1.47. The molecule has 0 saturated heterocycles. The fraction of sp³-hybridized carbons (Fsp3) is 0.455. The van der Waals surface area contributed by atoms with E-state index in [1.165, 1.54) is 31.2 Å². The Bertz CT molecular complexity index is 901. The molecule has 142 valence electrons. The Morgan fingerprint density at radius 2 is 1.93 bits per heavy atom. The summed E-state index contributed by atoms with van der Waals surface area (Å²) in [6, 6.07) is 8.92. The van der Waals surface area contributed by atoms with Crippen molar-refractivity contribution in [3.63, 3.8) is 0 Å². The van der Waals surface area contributed by atoms with Gasteiger partial charge in [0.05, 0.1) is 12.1 Å². The minimum atomic E-state index is 0.129. The third-order valence-electron chi connectivity index (χ3n) is 5.50. The van der Waals surface area contributed by atoms with Crippen LogP contribution in [0.2, 0.25) is 0 Å². The van der Waals surface area contributed by atoms with Gasteiger partial charge < -0.3 is 5.32 Å². The number of hydrogen-bond acceptors (Lipinski definition) is 3. The van der Waals surface area contributed by atoms with Crippen LogP contribution in [0.25, 0.3) is 16.2 Å². The monoisotopic (exact) mass is 381 g/mol. The number of nitrogens with one attached hydrogen (secondary N) is 1. The molecule has 1 aliphatic rings. The summed E-state index contributed by atoms with van der Waals surface area (Å²) in [4.78, 5) is 18.2. The largest absolute Gasteiger partial charge is 0.353 e. The molecule has 1 aromatic carbocycles. The molecule has 27 heavy (non-hydrogen) atoms. The van der Waals surface area contributed by atoms with E-state index < -0.39 is 0 Å². The third kappa shape index (κ3) is 4.24. The molecule has 2 aromatic heterocycles. The Kier molecular flexibility index (Phi) is 5.58. The van der Waals surface area contributed by atoms with Crippen LogP contribution in [0.5, 0.6) is 0 Å². The van der Waals surface area contributed by atoms with Gasteiger partial charge in [0.1, 0.15) is 0 Å². The molecule has 1 aliphatic carbocycles. The highest BCUT2D eigenvalue weighted by Crippen LogP contribution is 2.24. The number of amides is 1. The van der Waals surface area contributed by atoms with E-state index in [1.54, 1.807) is 11.3 Å². The number of rotatable bonds is 5. The quantitative estimate of drug-likeness (QED) is 0.632. The molecular formula is C22H27N3OS. The highest BCUT2D eigenvalue weighted by molar-refractivity contribution is 7.15. The summed E-state index contributed by atoms with van der Waals surface area (Å²) in [6.45, 7) is 2.16. The number of fused-ring (bicyclic) bond motifs is 1. The molecule has 5 heteroatoms. The third-order valence-corrected chi connectivity index (χ3v) is 6.39. The lowest BCUT2D eigenvalue weighted by molar-refractivity contribution is -0.121. The summed E-state index contributed by atoms with van der Waals surface area (Å²) in [6.07, 6.45) is 10.8. The van der Waals surface area contributed by atoms with E-state index in [4.69, 9.17) is 4.98 Å². The zero-order valence-electron chi connectivity index (χ0n) is 15.9. The molecule has 0 bridgehead atoms. The topological polar surface area (TPSA) is 46.4 Å². The van der Waals surface area contributed by atoms with Crippen molar-refractivity contribution in [2.75, 3.05) is 0 Å². The van der Waals surface area contributed by atoms with Crippen LogP contribution in [0.4, 0.5) is 0 Å². The summed E-state index contributed by atoms with van der Waals surface area (Å²) in [5.74, 6) is 0.129. The molecule has 2 heterocycles. The van der Waals surface area contributed by atoms with Gasteiger partial charge in [-0.05, 0) is 24.8 Å². The second kappa shape index (κ2) is 8.26. The van der Waals surface area contributed by atoms with Crippen LogP contribution >= 0.6 is 11.3 Å². The number of imidazole rings is 1. The molecule has 4 rings (SSSR count). The van der Waals surface area contributed by atoms with Gasteiger partial charge in [-0.15, -0.1) is 11.3 Å². The van der Waals surface area contributed by atoms with E-state index in [0.717, 1.165) is 41.2 Å². The van der Waals surface area contributed by atoms with Crippen molar-refractivity contribution in [2.45, 2.75) is 64.3 Å². The smallest absolute Gasteiger partial charge is 0.226 e. The fourth-order valence-corrected chi connectivity index (χ4v) is 4.75. The molecule has 1 fully saturated rings. The summed E-state index contributed by atoms with van der Waals surface area (Å²) in [5, 5.41) is 5.30. The first-order chi connectivity index (χ1) is 13.2. The molecule has 4 nitrogen and oxygen atoms in total. The lowest BCUT2D eigenvalue weighted by Gasteiger charge is -2.15. The number of benzene rings is 1. The van der Waals surface area contributed by atoms with E-state index in [-0.39, 0.29) is 5.91 Å². The number of carbonyl (C=O) groups is 1. The molecule has 0 radical (unpaired) electrons. The second-order valence-electron chi connectivity index (χ2n) is 7.49. The van der Waals surface area contributed by atoms with Crippen molar-refractivity contribution >= 4 is 22.2 Å². The first-order valence-electron chi connectivity index (χ1n) is 10.1. The van der Waals surface area contributed by atoms with Crippen molar-refractivity contribution in [1.82, 2.24) is 14.7 Å². The van der Waals surface area contributed by atoms with Gasteiger partial charge in [0, 0.05) is 28.9 Å². The van der Waals surface area contributed by atoms with Crippen molar-refractivity contribution in [3.05, 3.63) is 47.1 Å². The van der Waals surface area contributed by atoms with Crippen LogP contribution in [0.1, 0.15) is 56.7 Å². The second-order valence-corrected chi connectivity index (χ2v) is 8.33. The number of aromatic nitrogens is 2. The average molecular weight is 382 g/mol. The molecule has 0 spiro atoms. The van der Waals surface area contributed by atoms with Crippen LogP contribution in [0, 0.1) is 0 Å². The molecule has 1 amide bonds. The zero-order chi connectivity index (χ0) is 18.6. The standard InChI is InChI=1S/C22H27N3OS/c1-2-16-9-11-17(12-10-16)20-14-25-19(15-27-22(25)24-20)13-21(26)23-18-7-5-3-4-6-8-18/h9-12,14-15,18H,2-8,13H2,1H3,(H,23,26). The van der Waals surface area contributed by atoms with E-state index >= 15 is 0 Å². The van der Waals surface area contributed by atoms with Gasteiger partial charge in [-0.2, -0.15) is 0 Å². The normalized spacial score (nSPS) is 15.7. The van der Waals surface area contributed by atoms with Gasteiger partial charge in [0.15, 0.2) is 4.96 Å². The summed E-state index contributed by atoms with van der Waals surface area (Å²) in [7, 11) is 0. The number of hydrogen-bond donors (Lipinski definition) is 1. The molecule has 3 aromatic rings. The highest BCUT2D eigenvalue weighted by atomic mass is 32.1. The maximum absolute atomic E-state index is 12.5. The number of carbonyl (C=O) groups excluding carboxylic acids is 1. The van der Waals surface area contributed by atoms with E-state index in [2.05, 4.69) is 52.5 Å². The van der Waals surface area contributed by atoms with Crippen molar-refractivity contribution in [3.8, 4) is 11.3 Å². The summed E-state index contributed by atoms with van der Waals surface area (Å²) < 4.78 is 2.07. The van der Waals surface area contributed by atoms with Gasteiger partial charge in [-0.25, -0.2) is 4.98 Å². The maximum Gasteiger partial charge on any atom is 0.226 e. The average Bonchev–Trinajstić information content (AvgIpc) is 3.16. The van der Waals surface area contributed by atoms with Crippen LogP contribution in [-0.2, 0) is 17.6 Å². The van der Waals surface area contributed by atoms with Crippen LogP contribution in [0.15, 0.2) is 35.8 Å². The first-order valence-corrected chi connectivity index (χ1v) is 10.9. The Labute approximate surface area is 164 Å². The van der Waals surface area contributed by atoms with E-state index in [9.17, 15) is 4.79 Å². The van der Waals surface area contributed by atoms with Crippen molar-refractivity contribution < 1.29 is 4.79 Å². The van der Waals surface area contributed by atoms with Crippen LogP contribution in [-0.4, -0.2) is 21.3 Å².